The molecule has 2 atom stereocenters. The number of hydrogen-bond donors (Lipinski definition) is 2. The Bertz CT molecular complexity index is 548. The molecule has 2 aromatic rings. The SMILES string of the molecule is Cc1ccccc1[C@H](C)NC(C)Cc1ccc(O)cc1. The van der Waals surface area contributed by atoms with E-state index in [0.29, 0.717) is 17.8 Å². The minimum Gasteiger partial charge on any atom is -0.508 e. The average molecular weight is 269 g/mol. The van der Waals surface area contributed by atoms with Gasteiger partial charge in [-0.3, -0.25) is 0 Å². The Morgan fingerprint density at radius 3 is 2.30 bits per heavy atom. The maximum atomic E-state index is 9.30. The molecule has 0 aliphatic heterocycles. The van der Waals surface area contributed by atoms with Crippen LogP contribution in [0.4, 0.5) is 0 Å². The minimum absolute atomic E-state index is 0.322. The van der Waals surface area contributed by atoms with Crippen LogP contribution in [-0.2, 0) is 6.42 Å². The van der Waals surface area contributed by atoms with Gasteiger partial charge in [-0.2, -0.15) is 0 Å². The van der Waals surface area contributed by atoms with Gasteiger partial charge in [-0.05, 0) is 56.0 Å². The second kappa shape index (κ2) is 6.58. The molecular formula is C18H23NO. The van der Waals surface area contributed by atoms with Crippen molar-refractivity contribution in [3.63, 3.8) is 0 Å². The maximum absolute atomic E-state index is 9.30. The van der Waals surface area contributed by atoms with E-state index in [1.54, 1.807) is 12.1 Å². The monoisotopic (exact) mass is 269 g/mol. The number of nitrogens with one attached hydrogen (secondary N) is 1. The smallest absolute Gasteiger partial charge is 0.115 e. The third-order valence-electron chi connectivity index (χ3n) is 3.67. The van der Waals surface area contributed by atoms with E-state index in [1.807, 2.05) is 12.1 Å². The van der Waals surface area contributed by atoms with Gasteiger partial charge in [0.2, 0.25) is 0 Å². The molecule has 2 N–H and O–H groups in total. The van der Waals surface area contributed by atoms with E-state index in [0.717, 1.165) is 6.42 Å². The molecule has 2 heteroatoms. The molecule has 2 rings (SSSR count). The molecule has 0 saturated carbocycles. The molecule has 106 valence electrons. The van der Waals surface area contributed by atoms with Crippen molar-refractivity contribution in [2.45, 2.75) is 39.3 Å². The van der Waals surface area contributed by atoms with E-state index in [4.69, 9.17) is 0 Å². The number of phenolic OH excluding ortho intramolecular Hbond substituents is 1. The van der Waals surface area contributed by atoms with Gasteiger partial charge in [0, 0.05) is 12.1 Å². The molecule has 2 aromatic carbocycles. The second-order valence-electron chi connectivity index (χ2n) is 5.52. The third-order valence-corrected chi connectivity index (χ3v) is 3.67. The highest BCUT2D eigenvalue weighted by molar-refractivity contribution is 5.29. The lowest BCUT2D eigenvalue weighted by Crippen LogP contribution is -2.31. The molecule has 0 aliphatic carbocycles. The van der Waals surface area contributed by atoms with Crippen LogP contribution >= 0.6 is 0 Å². The number of rotatable bonds is 5. The Hall–Kier alpha value is -1.80. The van der Waals surface area contributed by atoms with Gasteiger partial charge in [-0.15, -0.1) is 0 Å². The van der Waals surface area contributed by atoms with Gasteiger partial charge in [0.05, 0.1) is 0 Å². The summed E-state index contributed by atoms with van der Waals surface area (Å²) in [5.74, 6) is 0.322. The van der Waals surface area contributed by atoms with E-state index >= 15 is 0 Å². The fraction of sp³-hybridized carbons (Fsp3) is 0.333. The molecule has 0 fully saturated rings. The van der Waals surface area contributed by atoms with Crippen molar-refractivity contribution < 1.29 is 5.11 Å². The summed E-state index contributed by atoms with van der Waals surface area (Å²) in [7, 11) is 0. The normalized spacial score (nSPS) is 13.9. The summed E-state index contributed by atoms with van der Waals surface area (Å²) in [6, 6.07) is 16.7. The van der Waals surface area contributed by atoms with Crippen LogP contribution in [0.3, 0.4) is 0 Å². The fourth-order valence-electron chi connectivity index (χ4n) is 2.63. The van der Waals surface area contributed by atoms with Crippen LogP contribution in [0.5, 0.6) is 5.75 Å². The summed E-state index contributed by atoms with van der Waals surface area (Å²) in [5.41, 5.74) is 3.91. The molecule has 20 heavy (non-hydrogen) atoms. The zero-order valence-corrected chi connectivity index (χ0v) is 12.4. The highest BCUT2D eigenvalue weighted by atomic mass is 16.3. The van der Waals surface area contributed by atoms with Crippen molar-refractivity contribution in [3.8, 4) is 5.75 Å². The van der Waals surface area contributed by atoms with Crippen molar-refractivity contribution in [3.05, 3.63) is 65.2 Å². The van der Waals surface area contributed by atoms with Crippen LogP contribution in [0.15, 0.2) is 48.5 Å². The predicted molar refractivity (Wildman–Crippen MR) is 84.0 cm³/mol. The van der Waals surface area contributed by atoms with Crippen molar-refractivity contribution in [2.75, 3.05) is 0 Å². The lowest BCUT2D eigenvalue weighted by atomic mass is 10.0. The van der Waals surface area contributed by atoms with Gasteiger partial charge in [-0.1, -0.05) is 36.4 Å². The Morgan fingerprint density at radius 2 is 1.65 bits per heavy atom. The zero-order valence-electron chi connectivity index (χ0n) is 12.4. The fourth-order valence-corrected chi connectivity index (χ4v) is 2.63. The quantitative estimate of drug-likeness (QED) is 0.860. The summed E-state index contributed by atoms with van der Waals surface area (Å²) in [4.78, 5) is 0. The standard InChI is InChI=1S/C18H23NO/c1-13-6-4-5-7-18(13)15(3)19-14(2)12-16-8-10-17(20)11-9-16/h4-11,14-15,19-20H,12H2,1-3H3/t14?,15-/m0/s1. The van der Waals surface area contributed by atoms with Crippen LogP contribution in [0, 0.1) is 6.92 Å². The zero-order chi connectivity index (χ0) is 14.5. The van der Waals surface area contributed by atoms with E-state index < -0.39 is 0 Å². The van der Waals surface area contributed by atoms with Gasteiger partial charge in [0.15, 0.2) is 0 Å². The summed E-state index contributed by atoms with van der Waals surface area (Å²) in [5, 5.41) is 12.9. The number of hydrogen-bond acceptors (Lipinski definition) is 2. The molecular weight excluding hydrogens is 246 g/mol. The highest BCUT2D eigenvalue weighted by Crippen LogP contribution is 2.18. The van der Waals surface area contributed by atoms with Crippen LogP contribution in [-0.4, -0.2) is 11.1 Å². The minimum atomic E-state index is 0.322. The molecule has 0 radical (unpaired) electrons. The maximum Gasteiger partial charge on any atom is 0.115 e. The van der Waals surface area contributed by atoms with E-state index in [1.165, 1.54) is 16.7 Å². The Kier molecular flexibility index (Phi) is 4.80. The first-order valence-electron chi connectivity index (χ1n) is 7.15. The summed E-state index contributed by atoms with van der Waals surface area (Å²) in [6.45, 7) is 6.55. The van der Waals surface area contributed by atoms with E-state index in [-0.39, 0.29) is 0 Å². The third kappa shape index (κ3) is 3.84. The molecule has 0 bridgehead atoms. The first kappa shape index (κ1) is 14.6. The predicted octanol–water partition coefficient (Wildman–Crippen LogP) is 3.98. The van der Waals surface area contributed by atoms with Crippen molar-refractivity contribution >= 4 is 0 Å². The molecule has 0 aliphatic rings. The van der Waals surface area contributed by atoms with Crippen LogP contribution in [0.25, 0.3) is 0 Å². The van der Waals surface area contributed by atoms with Crippen molar-refractivity contribution in [2.24, 2.45) is 0 Å². The summed E-state index contributed by atoms with van der Waals surface area (Å²) < 4.78 is 0. The largest absolute Gasteiger partial charge is 0.508 e. The lowest BCUT2D eigenvalue weighted by molar-refractivity contribution is 0.470. The first-order chi connectivity index (χ1) is 9.56. The topological polar surface area (TPSA) is 32.3 Å². The lowest BCUT2D eigenvalue weighted by Gasteiger charge is -2.22. The summed E-state index contributed by atoms with van der Waals surface area (Å²) >= 11 is 0. The van der Waals surface area contributed by atoms with Gasteiger partial charge in [0.1, 0.15) is 5.75 Å². The number of benzene rings is 2. The van der Waals surface area contributed by atoms with Crippen molar-refractivity contribution in [1.29, 1.82) is 0 Å². The Morgan fingerprint density at radius 1 is 1.00 bits per heavy atom. The summed E-state index contributed by atoms with van der Waals surface area (Å²) in [6.07, 6.45) is 0.955. The average Bonchev–Trinajstić information content (AvgIpc) is 2.41. The van der Waals surface area contributed by atoms with Crippen LogP contribution in [0.1, 0.15) is 36.6 Å². The first-order valence-corrected chi connectivity index (χ1v) is 7.15. The van der Waals surface area contributed by atoms with E-state index in [9.17, 15) is 5.11 Å². The number of aryl methyl sites for hydroxylation is 1. The highest BCUT2D eigenvalue weighted by Gasteiger charge is 2.11. The molecule has 0 spiro atoms. The van der Waals surface area contributed by atoms with E-state index in [2.05, 4.69) is 50.4 Å². The van der Waals surface area contributed by atoms with Gasteiger partial charge < -0.3 is 10.4 Å². The molecule has 0 amide bonds. The Balaban J connectivity index is 1.96. The van der Waals surface area contributed by atoms with Gasteiger partial charge in [-0.25, -0.2) is 0 Å². The second-order valence-corrected chi connectivity index (χ2v) is 5.52. The molecule has 2 nitrogen and oxygen atoms in total. The van der Waals surface area contributed by atoms with Gasteiger partial charge in [0.25, 0.3) is 0 Å². The molecule has 0 aromatic heterocycles. The number of aromatic hydroxyl groups is 1. The van der Waals surface area contributed by atoms with Crippen molar-refractivity contribution in [1.82, 2.24) is 5.32 Å². The number of phenols is 1. The molecule has 0 heterocycles. The van der Waals surface area contributed by atoms with Crippen LogP contribution in [0.2, 0.25) is 0 Å². The Labute approximate surface area is 121 Å². The van der Waals surface area contributed by atoms with Gasteiger partial charge >= 0.3 is 0 Å². The molecule has 1 unspecified atom stereocenters. The molecule has 0 saturated heterocycles. The van der Waals surface area contributed by atoms with Crippen LogP contribution < -0.4 is 5.32 Å².